The SMILES string of the molecule is CC/C=C/C/C=C/C/C=C/C/C=C/CCCCC(=O)O[C@@H](COC(=O)CCC/C=C/CCCCCCCCCCCCCCCCCCCC)COP(=O)(O)OCC[N+](C)(C)C. The number of rotatable bonds is 45. The Labute approximate surface area is 381 Å². The van der Waals surface area contributed by atoms with Gasteiger partial charge in [0.25, 0.3) is 0 Å². The van der Waals surface area contributed by atoms with Crippen LogP contribution in [0.2, 0.25) is 0 Å². The fourth-order valence-corrected chi connectivity index (χ4v) is 7.40. The smallest absolute Gasteiger partial charge is 0.462 e. The molecule has 360 valence electrons. The maximum Gasteiger partial charge on any atom is 0.472 e. The van der Waals surface area contributed by atoms with Crippen molar-refractivity contribution in [3.63, 3.8) is 0 Å². The quantitative estimate of drug-likeness (QED) is 0.0212. The van der Waals surface area contributed by atoms with Crippen LogP contribution in [0.4, 0.5) is 0 Å². The first-order valence-corrected chi connectivity index (χ1v) is 26.5. The van der Waals surface area contributed by atoms with Crippen molar-refractivity contribution in [1.29, 1.82) is 0 Å². The van der Waals surface area contributed by atoms with Crippen LogP contribution in [0.3, 0.4) is 0 Å². The largest absolute Gasteiger partial charge is 0.472 e. The van der Waals surface area contributed by atoms with Crippen molar-refractivity contribution < 1.29 is 42.1 Å². The molecule has 10 heteroatoms. The van der Waals surface area contributed by atoms with Gasteiger partial charge in [0.1, 0.15) is 19.8 Å². The van der Waals surface area contributed by atoms with Crippen molar-refractivity contribution >= 4 is 19.8 Å². The lowest BCUT2D eigenvalue weighted by atomic mass is 10.0. The summed E-state index contributed by atoms with van der Waals surface area (Å²) in [5.74, 6) is -0.884. The van der Waals surface area contributed by atoms with Crippen LogP contribution in [0, 0.1) is 0 Å². The minimum absolute atomic E-state index is 0.0179. The van der Waals surface area contributed by atoms with E-state index >= 15 is 0 Å². The molecule has 0 aliphatic rings. The van der Waals surface area contributed by atoms with Crippen molar-refractivity contribution in [3.05, 3.63) is 60.8 Å². The normalized spacial score (nSPS) is 14.0. The number of phosphoric acid groups is 1. The third kappa shape index (κ3) is 47.2. The van der Waals surface area contributed by atoms with Crippen molar-refractivity contribution in [2.45, 2.75) is 213 Å². The molecule has 1 unspecified atom stereocenters. The Morgan fingerprint density at radius 3 is 1.44 bits per heavy atom. The Hall–Kier alpha value is -2.29. The van der Waals surface area contributed by atoms with Crippen molar-refractivity contribution in [1.82, 2.24) is 0 Å². The van der Waals surface area contributed by atoms with Crippen LogP contribution in [-0.4, -0.2) is 74.9 Å². The topological polar surface area (TPSA) is 108 Å². The lowest BCUT2D eigenvalue weighted by Gasteiger charge is -2.24. The summed E-state index contributed by atoms with van der Waals surface area (Å²) in [4.78, 5) is 35.4. The zero-order valence-corrected chi connectivity index (χ0v) is 41.5. The Bertz CT molecular complexity index is 1240. The Kier molecular flexibility index (Phi) is 42.3. The molecule has 0 rings (SSSR count). The fraction of sp³-hybridized carbons (Fsp3) is 0.769. The second kappa shape index (κ2) is 43.9. The molecule has 0 heterocycles. The molecule has 0 spiro atoms. The maximum atomic E-state index is 12.7. The van der Waals surface area contributed by atoms with Gasteiger partial charge in [-0.15, -0.1) is 0 Å². The predicted octanol–water partition coefficient (Wildman–Crippen LogP) is 14.8. The number of quaternary nitrogens is 1. The third-order valence-electron chi connectivity index (χ3n) is 10.5. The van der Waals surface area contributed by atoms with Crippen LogP contribution in [0.5, 0.6) is 0 Å². The number of unbranched alkanes of at least 4 members (excludes halogenated alkanes) is 21. The van der Waals surface area contributed by atoms with Gasteiger partial charge in [-0.2, -0.15) is 0 Å². The Balaban J connectivity index is 4.29. The van der Waals surface area contributed by atoms with Gasteiger partial charge in [-0.1, -0.05) is 184 Å². The summed E-state index contributed by atoms with van der Waals surface area (Å²) in [6.07, 6.45) is 54.4. The van der Waals surface area contributed by atoms with E-state index in [0.29, 0.717) is 23.9 Å². The number of phosphoric ester groups is 1. The molecule has 2 atom stereocenters. The molecule has 0 aliphatic carbocycles. The second-order valence-electron chi connectivity index (χ2n) is 17.8. The summed E-state index contributed by atoms with van der Waals surface area (Å²) < 4.78 is 34.3. The van der Waals surface area contributed by atoms with E-state index < -0.39 is 32.5 Å². The van der Waals surface area contributed by atoms with Gasteiger partial charge in [-0.25, -0.2) is 4.57 Å². The van der Waals surface area contributed by atoms with E-state index in [4.69, 9.17) is 18.5 Å². The van der Waals surface area contributed by atoms with Crippen LogP contribution in [0.15, 0.2) is 60.8 Å². The van der Waals surface area contributed by atoms with Crippen LogP contribution in [0.1, 0.15) is 206 Å². The van der Waals surface area contributed by atoms with E-state index in [9.17, 15) is 19.0 Å². The van der Waals surface area contributed by atoms with E-state index in [1.807, 2.05) is 21.1 Å². The van der Waals surface area contributed by atoms with E-state index in [1.54, 1.807) is 0 Å². The molecule has 0 saturated carbocycles. The molecule has 0 radical (unpaired) electrons. The highest BCUT2D eigenvalue weighted by atomic mass is 31.2. The number of ether oxygens (including phenoxy) is 2. The lowest BCUT2D eigenvalue weighted by Crippen LogP contribution is -2.37. The van der Waals surface area contributed by atoms with Gasteiger partial charge in [0.15, 0.2) is 6.10 Å². The first-order valence-electron chi connectivity index (χ1n) is 25.0. The van der Waals surface area contributed by atoms with Crippen molar-refractivity contribution in [3.8, 4) is 0 Å². The van der Waals surface area contributed by atoms with E-state index in [-0.39, 0.29) is 26.1 Å². The van der Waals surface area contributed by atoms with Gasteiger partial charge in [-0.3, -0.25) is 18.6 Å². The number of allylic oxidation sites excluding steroid dienone is 10. The summed E-state index contributed by atoms with van der Waals surface area (Å²) >= 11 is 0. The molecule has 9 nitrogen and oxygen atoms in total. The molecule has 0 aromatic rings. The lowest BCUT2D eigenvalue weighted by molar-refractivity contribution is -0.870. The second-order valence-corrected chi connectivity index (χ2v) is 19.3. The highest BCUT2D eigenvalue weighted by Crippen LogP contribution is 2.43. The number of carbonyl (C=O) groups is 2. The number of nitrogens with zero attached hydrogens (tertiary/aromatic N) is 1. The molecular weight excluding hydrogens is 798 g/mol. The number of carbonyl (C=O) groups excluding carboxylic acids is 2. The van der Waals surface area contributed by atoms with Crippen LogP contribution in [-0.2, 0) is 32.7 Å². The Morgan fingerprint density at radius 2 is 0.935 bits per heavy atom. The molecule has 0 saturated heterocycles. The number of likely N-dealkylation sites (N-methyl/N-ethyl adjacent to an activating group) is 1. The maximum absolute atomic E-state index is 12.7. The van der Waals surface area contributed by atoms with Crippen LogP contribution < -0.4 is 0 Å². The molecule has 0 bridgehead atoms. The van der Waals surface area contributed by atoms with E-state index in [1.165, 1.54) is 116 Å². The first-order chi connectivity index (χ1) is 30.0. The summed E-state index contributed by atoms with van der Waals surface area (Å²) in [5.41, 5.74) is 0. The van der Waals surface area contributed by atoms with Gasteiger partial charge < -0.3 is 18.9 Å². The summed E-state index contributed by atoms with van der Waals surface area (Å²) in [5, 5.41) is 0. The molecule has 0 amide bonds. The molecule has 0 aromatic carbocycles. The first kappa shape index (κ1) is 59.7. The zero-order chi connectivity index (χ0) is 45.7. The number of hydrogen-bond donors (Lipinski definition) is 1. The van der Waals surface area contributed by atoms with Gasteiger partial charge in [0.05, 0.1) is 27.7 Å². The molecule has 0 fully saturated rings. The minimum Gasteiger partial charge on any atom is -0.462 e. The average Bonchev–Trinajstić information content (AvgIpc) is 3.23. The molecule has 62 heavy (non-hydrogen) atoms. The highest BCUT2D eigenvalue weighted by molar-refractivity contribution is 7.47. The summed E-state index contributed by atoms with van der Waals surface area (Å²) in [6.45, 7) is 4.24. The summed E-state index contributed by atoms with van der Waals surface area (Å²) in [7, 11) is 1.43. The molecule has 1 N–H and O–H groups in total. The minimum atomic E-state index is -4.40. The van der Waals surface area contributed by atoms with E-state index in [2.05, 4.69) is 74.6 Å². The van der Waals surface area contributed by atoms with Gasteiger partial charge >= 0.3 is 19.8 Å². The third-order valence-corrected chi connectivity index (χ3v) is 11.5. The van der Waals surface area contributed by atoms with Crippen LogP contribution in [0.25, 0.3) is 0 Å². The molecule has 0 aliphatic heterocycles. The average molecular weight is 893 g/mol. The predicted molar refractivity (Wildman–Crippen MR) is 261 cm³/mol. The highest BCUT2D eigenvalue weighted by Gasteiger charge is 2.27. The summed E-state index contributed by atoms with van der Waals surface area (Å²) in [6, 6.07) is 0. The molecule has 0 aromatic heterocycles. The van der Waals surface area contributed by atoms with Gasteiger partial charge in [0, 0.05) is 12.8 Å². The Morgan fingerprint density at radius 1 is 0.516 bits per heavy atom. The molecular formula is C52H95NO8P+. The standard InChI is InChI=1S/C52H94NO8P/c1-6-8-10-12-14-16-18-20-22-23-24-25-26-27-28-29-31-32-34-36-38-40-42-44-51(54)58-48-50(49-60-62(56,57)59-47-46-53(3,4)5)61-52(55)45-43-41-39-37-35-33-30-21-19-17-15-13-11-9-7-2/h9,11,15,17,21,30,35-38,50H,6-8,10,12-14,16,18-20,22-29,31-34,39-49H2,1-5H3/p+1/b11-9+,17-15+,30-21+,37-35+,38-36+/t50-/m0/s1. The number of hydrogen-bond acceptors (Lipinski definition) is 7. The van der Waals surface area contributed by atoms with Gasteiger partial charge in [-0.05, 0) is 70.6 Å². The fourth-order valence-electron chi connectivity index (χ4n) is 6.66. The van der Waals surface area contributed by atoms with Crippen molar-refractivity contribution in [2.75, 3.05) is 47.5 Å². The zero-order valence-electron chi connectivity index (χ0n) is 40.6. The monoisotopic (exact) mass is 893 g/mol. The van der Waals surface area contributed by atoms with Crippen LogP contribution >= 0.6 is 7.82 Å². The number of esters is 2. The van der Waals surface area contributed by atoms with Crippen molar-refractivity contribution in [2.24, 2.45) is 0 Å². The van der Waals surface area contributed by atoms with Gasteiger partial charge in [0.2, 0.25) is 0 Å². The van der Waals surface area contributed by atoms with E-state index in [0.717, 1.165) is 51.4 Å².